The Morgan fingerprint density at radius 1 is 0.414 bits per heavy atom. The minimum Gasteiger partial charge on any atom is -0.462 e. The van der Waals surface area contributed by atoms with Gasteiger partial charge in [-0.1, -0.05) is 189 Å². The number of hydrogen-bond donors (Lipinski definition) is 2. The van der Waals surface area contributed by atoms with E-state index in [1.807, 2.05) is 12.2 Å². The second kappa shape index (κ2) is 52.0. The van der Waals surface area contributed by atoms with Crippen molar-refractivity contribution in [2.75, 3.05) is 26.4 Å². The predicted molar refractivity (Wildman–Crippen MR) is 288 cm³/mol. The van der Waals surface area contributed by atoms with Crippen molar-refractivity contribution >= 4 is 25.7 Å². The molecule has 0 aromatic carbocycles. The maximum absolute atomic E-state index is 12.9. The monoisotopic (exact) mass is 1000 g/mol. The summed E-state index contributed by atoms with van der Waals surface area (Å²) < 4.78 is 39.3. The van der Waals surface area contributed by atoms with Crippen LogP contribution in [0.15, 0.2) is 85.1 Å². The molecule has 402 valence electrons. The Morgan fingerprint density at radius 3 is 1.27 bits per heavy atom. The van der Waals surface area contributed by atoms with Crippen molar-refractivity contribution in [3.8, 4) is 0 Å². The second-order valence-corrected chi connectivity index (χ2v) is 19.5. The maximum Gasteiger partial charge on any atom is 0.472 e. The van der Waals surface area contributed by atoms with Crippen LogP contribution in [0.3, 0.4) is 0 Å². The molecular weight excluding hydrogens is 904 g/mol. The summed E-state index contributed by atoms with van der Waals surface area (Å²) in [5.74, 6) is -1.59. The lowest BCUT2D eigenvalue weighted by atomic mass is 10.1. The number of ether oxygens (including phenoxy) is 3. The highest BCUT2D eigenvalue weighted by molar-refractivity contribution is 7.47. The molecule has 0 radical (unpaired) electrons. The first-order valence-electron chi connectivity index (χ1n) is 27.5. The fourth-order valence-corrected chi connectivity index (χ4v) is 7.88. The summed E-state index contributed by atoms with van der Waals surface area (Å²) in [5.41, 5.74) is 0. The zero-order valence-electron chi connectivity index (χ0n) is 44.2. The van der Waals surface area contributed by atoms with Gasteiger partial charge in [-0.2, -0.15) is 0 Å². The highest BCUT2D eigenvalue weighted by Crippen LogP contribution is 2.43. The van der Waals surface area contributed by atoms with E-state index in [0.717, 1.165) is 103 Å². The van der Waals surface area contributed by atoms with Gasteiger partial charge in [0.1, 0.15) is 12.7 Å². The van der Waals surface area contributed by atoms with Crippen LogP contribution in [0.2, 0.25) is 0 Å². The molecule has 2 N–H and O–H groups in total. The average Bonchev–Trinajstić information content (AvgIpc) is 3.35. The molecule has 0 fully saturated rings. The van der Waals surface area contributed by atoms with Gasteiger partial charge in [0.05, 0.1) is 19.8 Å². The van der Waals surface area contributed by atoms with Gasteiger partial charge >= 0.3 is 25.7 Å². The molecule has 11 nitrogen and oxygen atoms in total. The minimum atomic E-state index is -4.77. The van der Waals surface area contributed by atoms with Gasteiger partial charge in [-0.15, -0.1) is 0 Å². The van der Waals surface area contributed by atoms with Crippen molar-refractivity contribution in [2.24, 2.45) is 0 Å². The SMILES string of the molecule is CC/C=C\C/C=C\C/C=C\C/C=C\CCC(=O)OC(COC(=O)CCCCCCCCC/C=C\C/C=C\CCCCC)COP(=O)(O)OCC(CO)OC(=O)CCCCCCC/C=C\CCCCCC. The Labute approximate surface area is 426 Å². The molecule has 0 aliphatic rings. The van der Waals surface area contributed by atoms with Crippen molar-refractivity contribution < 1.29 is 52.2 Å². The molecule has 0 bridgehead atoms. The first kappa shape index (κ1) is 66.7. The van der Waals surface area contributed by atoms with E-state index in [-0.39, 0.29) is 25.9 Å². The molecule has 70 heavy (non-hydrogen) atoms. The van der Waals surface area contributed by atoms with Crippen molar-refractivity contribution in [1.82, 2.24) is 0 Å². The third kappa shape index (κ3) is 49.6. The van der Waals surface area contributed by atoms with Crippen LogP contribution in [-0.4, -0.2) is 66.5 Å². The third-order valence-corrected chi connectivity index (χ3v) is 12.2. The lowest BCUT2D eigenvalue weighted by molar-refractivity contribution is -0.161. The van der Waals surface area contributed by atoms with E-state index in [1.54, 1.807) is 0 Å². The summed E-state index contributed by atoms with van der Waals surface area (Å²) in [6.07, 6.45) is 58.5. The van der Waals surface area contributed by atoms with Gasteiger partial charge in [-0.25, -0.2) is 4.57 Å². The van der Waals surface area contributed by atoms with Crippen molar-refractivity contribution in [1.29, 1.82) is 0 Å². The van der Waals surface area contributed by atoms with E-state index in [9.17, 15) is 28.9 Å². The zero-order valence-corrected chi connectivity index (χ0v) is 45.1. The number of aliphatic hydroxyl groups excluding tert-OH is 1. The van der Waals surface area contributed by atoms with Crippen LogP contribution >= 0.6 is 7.82 Å². The number of rotatable bonds is 50. The van der Waals surface area contributed by atoms with Crippen molar-refractivity contribution in [3.05, 3.63) is 85.1 Å². The molecule has 3 unspecified atom stereocenters. The van der Waals surface area contributed by atoms with Crippen LogP contribution in [0.25, 0.3) is 0 Å². The zero-order chi connectivity index (χ0) is 51.3. The third-order valence-electron chi connectivity index (χ3n) is 11.3. The number of carbonyl (C=O) groups excluding carboxylic acids is 3. The number of phosphoric ester groups is 1. The molecule has 0 spiro atoms. The summed E-state index contributed by atoms with van der Waals surface area (Å²) >= 11 is 0. The largest absolute Gasteiger partial charge is 0.472 e. The molecule has 0 heterocycles. The summed E-state index contributed by atoms with van der Waals surface area (Å²) in [4.78, 5) is 48.4. The highest BCUT2D eigenvalue weighted by atomic mass is 31.2. The standard InChI is InChI=1S/C58H99O11P/c1-4-7-10-13-16-19-22-25-26-27-28-31-32-35-38-41-44-47-56(60)65-51-55(69-58(62)49-46-43-40-37-34-30-24-21-18-15-12-9-6-3)53-67-70(63,64)66-52-54(50-59)68-57(61)48-45-42-39-36-33-29-23-20-17-14-11-8-5-2/h9,12,16,18-21,23,25-26,30,34,40,43,54-55,59H,4-8,10-11,13-15,17,22,24,27-29,31-33,35-39,41-42,44-53H2,1-3H3,(H,63,64)/b12-9-,19-16-,21-18-,23-20-,26-25-,34-30-,43-40-. The normalized spacial score (nSPS) is 14.1. The van der Waals surface area contributed by atoms with Crippen LogP contribution < -0.4 is 0 Å². The van der Waals surface area contributed by atoms with Gasteiger partial charge in [-0.05, 0) is 103 Å². The molecule has 0 aliphatic carbocycles. The molecule has 0 rings (SSSR count). The average molecular weight is 1000 g/mol. The Hall–Kier alpha value is -3.34. The molecule has 0 saturated heterocycles. The lowest BCUT2D eigenvalue weighted by Gasteiger charge is -2.21. The van der Waals surface area contributed by atoms with Gasteiger partial charge < -0.3 is 24.2 Å². The molecule has 0 aliphatic heterocycles. The fourth-order valence-electron chi connectivity index (χ4n) is 7.10. The number of phosphoric acid groups is 1. The van der Waals surface area contributed by atoms with E-state index in [1.165, 1.54) is 64.2 Å². The quantitative estimate of drug-likeness (QED) is 0.0197. The topological polar surface area (TPSA) is 155 Å². The summed E-state index contributed by atoms with van der Waals surface area (Å²) in [6.45, 7) is 4.38. The van der Waals surface area contributed by atoms with Crippen molar-refractivity contribution in [3.63, 3.8) is 0 Å². The number of allylic oxidation sites excluding steroid dienone is 14. The summed E-state index contributed by atoms with van der Waals surface area (Å²) in [6, 6.07) is 0. The number of aliphatic hydroxyl groups is 1. The second-order valence-electron chi connectivity index (χ2n) is 18.0. The minimum absolute atomic E-state index is 0.0416. The Morgan fingerprint density at radius 2 is 0.771 bits per heavy atom. The first-order chi connectivity index (χ1) is 34.2. The fraction of sp³-hybridized carbons (Fsp3) is 0.707. The first-order valence-corrected chi connectivity index (χ1v) is 29.0. The lowest BCUT2D eigenvalue weighted by Crippen LogP contribution is -2.30. The molecule has 0 aromatic heterocycles. The van der Waals surface area contributed by atoms with Crippen LogP contribution in [-0.2, 0) is 42.2 Å². The maximum atomic E-state index is 12.9. The van der Waals surface area contributed by atoms with Crippen LogP contribution in [0.1, 0.15) is 226 Å². The van der Waals surface area contributed by atoms with Gasteiger partial charge in [0, 0.05) is 19.3 Å². The molecule has 0 aromatic rings. The smallest absolute Gasteiger partial charge is 0.462 e. The van der Waals surface area contributed by atoms with E-state index in [4.69, 9.17) is 23.3 Å². The van der Waals surface area contributed by atoms with Crippen LogP contribution in [0.4, 0.5) is 0 Å². The highest BCUT2D eigenvalue weighted by Gasteiger charge is 2.28. The van der Waals surface area contributed by atoms with Crippen molar-refractivity contribution in [2.45, 2.75) is 238 Å². The molecule has 0 saturated carbocycles. The Bertz CT molecular complexity index is 1500. The predicted octanol–water partition coefficient (Wildman–Crippen LogP) is 15.9. The van der Waals surface area contributed by atoms with Crippen LogP contribution in [0.5, 0.6) is 0 Å². The van der Waals surface area contributed by atoms with E-state index < -0.39 is 57.8 Å². The van der Waals surface area contributed by atoms with Gasteiger partial charge in [0.2, 0.25) is 0 Å². The summed E-state index contributed by atoms with van der Waals surface area (Å²) in [5, 5.41) is 9.78. The molecule has 0 amide bonds. The number of carbonyl (C=O) groups is 3. The van der Waals surface area contributed by atoms with Gasteiger partial charge in [0.25, 0.3) is 0 Å². The molecule has 12 heteroatoms. The van der Waals surface area contributed by atoms with E-state index in [0.29, 0.717) is 19.3 Å². The van der Waals surface area contributed by atoms with Crippen LogP contribution in [0, 0.1) is 0 Å². The van der Waals surface area contributed by atoms with Gasteiger partial charge in [-0.3, -0.25) is 23.4 Å². The number of hydrogen-bond acceptors (Lipinski definition) is 10. The Kier molecular flexibility index (Phi) is 49.5. The Balaban J connectivity index is 4.81. The number of esters is 3. The summed E-state index contributed by atoms with van der Waals surface area (Å²) in [7, 11) is -4.77. The van der Waals surface area contributed by atoms with E-state index >= 15 is 0 Å². The van der Waals surface area contributed by atoms with E-state index in [2.05, 4.69) is 93.7 Å². The van der Waals surface area contributed by atoms with Gasteiger partial charge in [0.15, 0.2) is 6.10 Å². The molecule has 3 atom stereocenters. The molecular formula is C58H99O11P. The number of unbranched alkanes of at least 4 members (excludes halogenated alkanes) is 19.